The first-order valence-corrected chi connectivity index (χ1v) is 3.86. The predicted octanol–water partition coefficient (Wildman–Crippen LogP) is 1.14. The van der Waals surface area contributed by atoms with Crippen molar-refractivity contribution < 1.29 is 9.60 Å². The van der Waals surface area contributed by atoms with Crippen LogP contribution in [0.15, 0.2) is 36.1 Å². The number of halogens is 1. The highest BCUT2D eigenvalue weighted by molar-refractivity contribution is 5.25. The van der Waals surface area contributed by atoms with E-state index in [-0.39, 0.29) is 5.17 Å². The van der Waals surface area contributed by atoms with Crippen LogP contribution < -0.4 is 11.2 Å². The van der Waals surface area contributed by atoms with Crippen molar-refractivity contribution >= 4 is 0 Å². The molecule has 0 fully saturated rings. The Balaban J connectivity index is 2.62. The fourth-order valence-corrected chi connectivity index (χ4v) is 0.992. The van der Waals surface area contributed by atoms with E-state index in [9.17, 15) is 4.39 Å². The molecule has 0 atom stereocenters. The molecule has 0 aromatic heterocycles. The fraction of sp³-hybridized carbons (Fsp3) is 0.250. The van der Waals surface area contributed by atoms with E-state index in [1.165, 1.54) is 0 Å². The molecule has 13 heavy (non-hydrogen) atoms. The maximum Gasteiger partial charge on any atom is 0.227 e. The summed E-state index contributed by atoms with van der Waals surface area (Å²) in [6.45, 7) is 2.91. The van der Waals surface area contributed by atoms with Crippen molar-refractivity contribution in [3.8, 4) is 0 Å². The summed E-state index contributed by atoms with van der Waals surface area (Å²) in [6, 6.07) is 0. The second-order valence-electron chi connectivity index (χ2n) is 2.67. The average Bonchev–Trinajstić information content (AvgIpc) is 2.08. The van der Waals surface area contributed by atoms with Crippen LogP contribution in [0.5, 0.6) is 0 Å². The maximum absolute atomic E-state index is 12.3. The van der Waals surface area contributed by atoms with Crippen LogP contribution in [0.1, 0.15) is 12.8 Å². The van der Waals surface area contributed by atoms with Gasteiger partial charge in [-0.15, -0.1) is 5.17 Å². The van der Waals surface area contributed by atoms with Crippen LogP contribution >= 0.6 is 0 Å². The van der Waals surface area contributed by atoms with Gasteiger partial charge in [-0.3, -0.25) is 10.6 Å². The normalized spacial score (nSPS) is 15.8. The minimum atomic E-state index is -0.977. The smallest absolute Gasteiger partial charge is 0.227 e. The molecule has 0 heterocycles. The van der Waals surface area contributed by atoms with Gasteiger partial charge in [-0.2, -0.15) is 4.39 Å². The van der Waals surface area contributed by atoms with Gasteiger partial charge in [-0.1, -0.05) is 6.08 Å². The molecular weight excluding hydrogens is 173 g/mol. The van der Waals surface area contributed by atoms with Crippen LogP contribution in [0.25, 0.3) is 0 Å². The Morgan fingerprint density at radius 3 is 3.00 bits per heavy atom. The highest BCUT2D eigenvalue weighted by Gasteiger charge is 2.09. The van der Waals surface area contributed by atoms with E-state index < -0.39 is 5.95 Å². The molecule has 1 rings (SSSR count). The van der Waals surface area contributed by atoms with Gasteiger partial charge < -0.3 is 5.73 Å². The Hall–Kier alpha value is -1.49. The summed E-state index contributed by atoms with van der Waals surface area (Å²) in [5.74, 6) is -0.977. The third kappa shape index (κ3) is 2.48. The van der Waals surface area contributed by atoms with Gasteiger partial charge in [0, 0.05) is 0 Å². The lowest BCUT2D eigenvalue weighted by molar-refractivity contribution is -0.113. The quantitative estimate of drug-likeness (QED) is 0.456. The van der Waals surface area contributed by atoms with Gasteiger partial charge in [0.25, 0.3) is 0 Å². The number of hydroxylamine groups is 1. The largest absolute Gasteiger partial charge is 0.397 e. The number of hydrogen-bond acceptors (Lipinski definition) is 4. The number of hydrazine groups is 1. The maximum atomic E-state index is 12.3. The summed E-state index contributed by atoms with van der Waals surface area (Å²) in [7, 11) is 0. The Morgan fingerprint density at radius 1 is 1.77 bits per heavy atom. The molecule has 0 aromatic carbocycles. The molecule has 1 aliphatic rings. The Labute approximate surface area is 75.8 Å². The first kappa shape index (κ1) is 9.60. The topological polar surface area (TPSA) is 61.5 Å². The van der Waals surface area contributed by atoms with Crippen LogP contribution in [-0.2, 0) is 0 Å². The minimum Gasteiger partial charge on any atom is -0.397 e. The molecule has 4 nitrogen and oxygen atoms in total. The van der Waals surface area contributed by atoms with Crippen molar-refractivity contribution in [1.29, 1.82) is 0 Å². The second kappa shape index (κ2) is 3.95. The van der Waals surface area contributed by atoms with Crippen LogP contribution in [0.4, 0.5) is 4.39 Å². The molecule has 1 aliphatic carbocycles. The first-order valence-electron chi connectivity index (χ1n) is 3.86. The minimum absolute atomic E-state index is 0.210. The third-order valence-corrected chi connectivity index (χ3v) is 1.68. The highest BCUT2D eigenvalue weighted by atomic mass is 19.1. The summed E-state index contributed by atoms with van der Waals surface area (Å²) in [6.07, 6.45) is 5.08. The van der Waals surface area contributed by atoms with Crippen LogP contribution in [0.3, 0.4) is 0 Å². The van der Waals surface area contributed by atoms with Crippen molar-refractivity contribution in [1.82, 2.24) is 10.6 Å². The molecule has 0 unspecified atom stereocenters. The van der Waals surface area contributed by atoms with E-state index in [0.29, 0.717) is 17.8 Å². The van der Waals surface area contributed by atoms with Crippen molar-refractivity contribution in [2.45, 2.75) is 12.8 Å². The van der Waals surface area contributed by atoms with E-state index in [2.05, 4.69) is 12.0 Å². The lowest BCUT2D eigenvalue weighted by Gasteiger charge is -2.20. The number of rotatable bonds is 3. The van der Waals surface area contributed by atoms with E-state index in [0.717, 1.165) is 6.42 Å². The zero-order chi connectivity index (χ0) is 9.84. The Bertz CT molecular complexity index is 273. The standard InChI is InChI=1S/C8H12FN3O/c1-6(9)12(13)11-8-5-3-2-4-7(8)10/h2,4,11,13H,1,3,5,10H2. The van der Waals surface area contributed by atoms with Crippen LogP contribution in [0, 0.1) is 0 Å². The van der Waals surface area contributed by atoms with E-state index in [4.69, 9.17) is 10.9 Å². The fourth-order valence-electron chi connectivity index (χ4n) is 0.992. The zero-order valence-corrected chi connectivity index (χ0v) is 7.13. The Morgan fingerprint density at radius 2 is 2.46 bits per heavy atom. The van der Waals surface area contributed by atoms with E-state index >= 15 is 0 Å². The summed E-state index contributed by atoms with van der Waals surface area (Å²) < 4.78 is 12.3. The molecule has 0 radical (unpaired) electrons. The molecular formula is C8H12FN3O. The summed E-state index contributed by atoms with van der Waals surface area (Å²) in [5.41, 5.74) is 9.03. The second-order valence-corrected chi connectivity index (χ2v) is 2.67. The van der Waals surface area contributed by atoms with Crippen LogP contribution in [-0.4, -0.2) is 10.4 Å². The van der Waals surface area contributed by atoms with E-state index in [1.54, 1.807) is 6.08 Å². The van der Waals surface area contributed by atoms with E-state index in [1.807, 2.05) is 6.08 Å². The van der Waals surface area contributed by atoms with Crippen molar-refractivity contribution in [3.63, 3.8) is 0 Å². The average molecular weight is 185 g/mol. The van der Waals surface area contributed by atoms with Crippen molar-refractivity contribution in [3.05, 3.63) is 36.1 Å². The molecule has 0 saturated carbocycles. The lowest BCUT2D eigenvalue weighted by Crippen LogP contribution is -2.34. The van der Waals surface area contributed by atoms with Gasteiger partial charge in [0.2, 0.25) is 5.95 Å². The molecule has 0 aliphatic heterocycles. The summed E-state index contributed by atoms with van der Waals surface area (Å²) in [4.78, 5) is 0. The van der Waals surface area contributed by atoms with Crippen LogP contribution in [0.2, 0.25) is 0 Å². The SMILES string of the molecule is C=C(F)N(O)NC1=C(N)C=CCC1. The van der Waals surface area contributed by atoms with Gasteiger partial charge in [-0.25, -0.2) is 0 Å². The van der Waals surface area contributed by atoms with Gasteiger partial charge in [0.05, 0.1) is 11.4 Å². The molecule has 0 saturated heterocycles. The van der Waals surface area contributed by atoms with Gasteiger partial charge in [0.15, 0.2) is 0 Å². The highest BCUT2D eigenvalue weighted by Crippen LogP contribution is 2.13. The third-order valence-electron chi connectivity index (χ3n) is 1.68. The predicted molar refractivity (Wildman–Crippen MR) is 46.6 cm³/mol. The molecule has 4 N–H and O–H groups in total. The molecule has 5 heteroatoms. The molecule has 0 amide bonds. The van der Waals surface area contributed by atoms with Gasteiger partial charge >= 0.3 is 0 Å². The lowest BCUT2D eigenvalue weighted by atomic mass is 10.1. The molecule has 0 aromatic rings. The monoisotopic (exact) mass is 185 g/mol. The summed E-state index contributed by atoms with van der Waals surface area (Å²) in [5, 5.41) is 9.14. The number of hydrogen-bond donors (Lipinski definition) is 3. The number of nitrogens with zero attached hydrogens (tertiary/aromatic N) is 1. The molecule has 72 valence electrons. The first-order chi connectivity index (χ1) is 6.11. The zero-order valence-electron chi connectivity index (χ0n) is 7.13. The number of nitrogens with one attached hydrogen (secondary N) is 1. The number of allylic oxidation sites excluding steroid dienone is 3. The molecule has 0 bridgehead atoms. The Kier molecular flexibility index (Phi) is 2.92. The molecule has 0 spiro atoms. The summed E-state index contributed by atoms with van der Waals surface area (Å²) >= 11 is 0. The van der Waals surface area contributed by atoms with Gasteiger partial charge in [-0.05, 0) is 25.5 Å². The number of nitrogens with two attached hydrogens (primary N) is 1. The van der Waals surface area contributed by atoms with Crippen molar-refractivity contribution in [2.75, 3.05) is 0 Å². The van der Waals surface area contributed by atoms with Crippen molar-refractivity contribution in [2.24, 2.45) is 5.73 Å². The van der Waals surface area contributed by atoms with Gasteiger partial charge in [0.1, 0.15) is 0 Å².